The van der Waals surface area contributed by atoms with Crippen molar-refractivity contribution in [2.75, 3.05) is 26.6 Å². The Balaban J connectivity index is 0.000000421. The zero-order valence-electron chi connectivity index (χ0n) is 54.5. The van der Waals surface area contributed by atoms with Crippen molar-refractivity contribution in [3.63, 3.8) is 0 Å². The molecule has 0 aliphatic heterocycles. The maximum atomic E-state index is 12.0. The molecule has 0 aliphatic rings. The number of hydrogen-bond acceptors (Lipinski definition) is 10. The summed E-state index contributed by atoms with van der Waals surface area (Å²) in [5, 5.41) is 57.9. The first-order valence-corrected chi connectivity index (χ1v) is 30.5. The quantitative estimate of drug-likeness (QED) is 0.0442. The van der Waals surface area contributed by atoms with E-state index in [2.05, 4.69) is 65.4 Å². The van der Waals surface area contributed by atoms with Crippen molar-refractivity contribution < 1.29 is 141 Å². The van der Waals surface area contributed by atoms with E-state index >= 15 is 0 Å². The molecule has 100 heavy (non-hydrogen) atoms. The molecule has 0 bridgehead atoms. The van der Waals surface area contributed by atoms with Gasteiger partial charge in [0.05, 0.1) is 27.8 Å². The van der Waals surface area contributed by atoms with Gasteiger partial charge >= 0.3 is 135 Å². The predicted octanol–water partition coefficient (Wildman–Crippen LogP) is 6.87. The normalized spacial score (nSPS) is 9.57. The topological polar surface area (TPSA) is 332 Å². The van der Waals surface area contributed by atoms with Crippen molar-refractivity contribution in [1.82, 2.24) is 0 Å². The van der Waals surface area contributed by atoms with E-state index in [1.165, 1.54) is 78.4 Å². The number of carbonyl (C=O) groups is 10. The molecule has 10 aromatic rings. The third-order valence-corrected chi connectivity index (χ3v) is 14.5. The first kappa shape index (κ1) is 87.7. The number of hydrogen-bond donors (Lipinski definition) is 10. The summed E-state index contributed by atoms with van der Waals surface area (Å²) in [5.41, 5.74) is 8.63. The number of rotatable bonds is 16. The van der Waals surface area contributed by atoms with Crippen LogP contribution in [0, 0.1) is 6.92 Å². The largest absolute Gasteiger partial charge is 2.00 e. The molecule has 0 atom stereocenters. The first-order valence-electron chi connectivity index (χ1n) is 28.5. The van der Waals surface area contributed by atoms with Gasteiger partial charge < -0.3 is 52.1 Å². The standard InChI is InChI=1S/C16H15NO3.C15H13NO3.2C14H10BrNO3.C14H10ClNO3.Ca.2Li.Na/c1-2-11-3-5-12(6-4-11)15(18)17-14-9-7-13(8-10-14)16(19)20;1-10-2-4-11(5-3-10)14(17)16-13-8-6-12(7-9-13)15(18)19;3*15-11-5-1-9(2-6-11)13(17)16-12-7-3-10(4-8-12)14(18)19;;;;/h3-10H,2H2,1H3,(H,17,18)(H,19,20);2-9H,1H3,(H,16,17)(H,18,19);3*1-8H,(H,16,17)(H,18,19);;;;/q;;;;;+2;3*+1. The summed E-state index contributed by atoms with van der Waals surface area (Å²) < 4.78 is 1.80. The minimum atomic E-state index is -1.00. The van der Waals surface area contributed by atoms with E-state index in [0.29, 0.717) is 61.3 Å². The van der Waals surface area contributed by atoms with Gasteiger partial charge in [-0.3, -0.25) is 24.0 Å². The monoisotopic (exact) mass is 1510 g/mol. The smallest absolute Gasteiger partial charge is 0.478 e. The number of anilines is 5. The summed E-state index contributed by atoms with van der Waals surface area (Å²) in [5.74, 6) is -6.16. The number of carboxylic acid groups (broad SMARTS) is 5. The molecule has 0 spiro atoms. The van der Waals surface area contributed by atoms with Crippen molar-refractivity contribution in [1.29, 1.82) is 0 Å². The zero-order valence-corrected chi connectivity index (χ0v) is 62.6. The van der Waals surface area contributed by atoms with Crippen LogP contribution in [-0.2, 0) is 6.42 Å². The summed E-state index contributed by atoms with van der Waals surface area (Å²) in [7, 11) is 0. The molecule has 10 N–H and O–H groups in total. The van der Waals surface area contributed by atoms with Crippen molar-refractivity contribution in [3.8, 4) is 0 Å². The molecule has 5 amide bonds. The number of carbonyl (C=O) groups excluding carboxylic acids is 5. The summed E-state index contributed by atoms with van der Waals surface area (Å²) in [6.07, 6.45) is 0.929. The molecule has 0 saturated carbocycles. The summed E-state index contributed by atoms with van der Waals surface area (Å²) in [6, 6.07) is 65.0. The maximum Gasteiger partial charge on any atom is 2.00 e. The first-order chi connectivity index (χ1) is 45.8. The van der Waals surface area contributed by atoms with E-state index in [-0.39, 0.29) is 162 Å². The van der Waals surface area contributed by atoms with Crippen LogP contribution in [0.3, 0.4) is 0 Å². The molecule has 0 aliphatic carbocycles. The third kappa shape index (κ3) is 29.8. The number of carboxylic acids is 5. The van der Waals surface area contributed by atoms with Gasteiger partial charge in [0, 0.05) is 70.2 Å². The fraction of sp³-hybridized carbons (Fsp3) is 0.0411. The van der Waals surface area contributed by atoms with E-state index in [1.54, 1.807) is 146 Å². The van der Waals surface area contributed by atoms with Gasteiger partial charge in [0.15, 0.2) is 0 Å². The van der Waals surface area contributed by atoms with E-state index < -0.39 is 29.8 Å². The number of aryl methyl sites for hydroxylation is 2. The van der Waals surface area contributed by atoms with Gasteiger partial charge in [0.2, 0.25) is 0 Å². The second kappa shape index (κ2) is 44.7. The fourth-order valence-electron chi connectivity index (χ4n) is 7.90. The van der Waals surface area contributed by atoms with E-state index in [4.69, 9.17) is 37.1 Å². The van der Waals surface area contributed by atoms with Gasteiger partial charge in [-0.15, -0.1) is 0 Å². The molecule has 27 heteroatoms. The second-order valence-electron chi connectivity index (χ2n) is 20.1. The Hall–Kier alpha value is -8.40. The Morgan fingerprint density at radius 1 is 0.300 bits per heavy atom. The number of halogens is 3. The molecule has 0 heterocycles. The van der Waals surface area contributed by atoms with Gasteiger partial charge in [-0.2, -0.15) is 0 Å². The SMILES string of the molecule is CCc1ccc(C(=O)Nc2ccc(C(=O)O)cc2)cc1.Cc1ccc(C(=O)Nc2ccc(C(=O)O)cc2)cc1.O=C(O)c1ccc(NC(=O)c2ccc(Br)cc2)cc1.O=C(O)c1ccc(NC(=O)c2ccc(Br)cc2)cc1.O=C(O)c1ccc(NC(=O)c2ccc(Cl)cc2)cc1.[Ca+2].[Li+].[Li+].[Na+]. The molecule has 0 unspecified atom stereocenters. The Morgan fingerprint density at radius 2 is 0.470 bits per heavy atom. The van der Waals surface area contributed by atoms with E-state index in [9.17, 15) is 47.9 Å². The molecule has 0 saturated heterocycles. The van der Waals surface area contributed by atoms with Gasteiger partial charge in [0.1, 0.15) is 0 Å². The predicted molar refractivity (Wildman–Crippen MR) is 379 cm³/mol. The van der Waals surface area contributed by atoms with Crippen LogP contribution in [0.2, 0.25) is 5.02 Å². The molecule has 0 radical (unpaired) electrons. The molecule has 0 fully saturated rings. The number of benzene rings is 10. The zero-order chi connectivity index (χ0) is 69.8. The number of nitrogens with one attached hydrogen (secondary N) is 5. The molecular weight excluding hydrogens is 1460 g/mol. The van der Waals surface area contributed by atoms with Gasteiger partial charge in [0.25, 0.3) is 29.5 Å². The molecule has 20 nitrogen and oxygen atoms in total. The molecule has 10 aromatic carbocycles. The van der Waals surface area contributed by atoms with Crippen LogP contribution in [0.1, 0.15) is 122 Å². The molecule has 486 valence electrons. The van der Waals surface area contributed by atoms with Crippen LogP contribution in [0.25, 0.3) is 0 Å². The molecule has 0 aromatic heterocycles. The van der Waals surface area contributed by atoms with Crippen LogP contribution < -0.4 is 93.9 Å². The summed E-state index contributed by atoms with van der Waals surface area (Å²) >= 11 is 12.3. The second-order valence-corrected chi connectivity index (χ2v) is 22.4. The summed E-state index contributed by atoms with van der Waals surface area (Å²) in [4.78, 5) is 113. The van der Waals surface area contributed by atoms with Gasteiger partial charge in [-0.1, -0.05) is 80.2 Å². The van der Waals surface area contributed by atoms with Crippen molar-refractivity contribution in [2.45, 2.75) is 20.3 Å². The molecule has 10 rings (SSSR count). The molecular formula is C73H58Br2CaClLi2N5NaO15+5. The number of amides is 5. The minimum absolute atomic E-state index is 0. The van der Waals surface area contributed by atoms with Crippen molar-refractivity contribution in [3.05, 3.63) is 323 Å². The van der Waals surface area contributed by atoms with Crippen LogP contribution in [-0.4, -0.2) is 123 Å². The third-order valence-electron chi connectivity index (χ3n) is 13.2. The summed E-state index contributed by atoms with van der Waals surface area (Å²) in [6.45, 7) is 4.01. The Labute approximate surface area is 672 Å². The van der Waals surface area contributed by atoms with E-state index in [1.807, 2.05) is 31.2 Å². The Bertz CT molecular complexity index is 3930. The van der Waals surface area contributed by atoms with E-state index in [0.717, 1.165) is 20.9 Å². The van der Waals surface area contributed by atoms with Crippen LogP contribution in [0.15, 0.2) is 252 Å². The minimum Gasteiger partial charge on any atom is -0.478 e. The van der Waals surface area contributed by atoms with Crippen LogP contribution in [0.5, 0.6) is 0 Å². The van der Waals surface area contributed by atoms with Crippen LogP contribution >= 0.6 is 43.5 Å². The maximum absolute atomic E-state index is 12.0. The Kier molecular flexibility index (Phi) is 39.2. The van der Waals surface area contributed by atoms with Crippen molar-refractivity contribution in [2.24, 2.45) is 0 Å². The Morgan fingerprint density at radius 3 is 0.660 bits per heavy atom. The fourth-order valence-corrected chi connectivity index (χ4v) is 8.55. The van der Waals surface area contributed by atoms with Crippen molar-refractivity contribution >= 4 is 169 Å². The van der Waals surface area contributed by atoms with Crippen LogP contribution in [0.4, 0.5) is 28.4 Å². The van der Waals surface area contributed by atoms with Gasteiger partial charge in [-0.05, 0) is 237 Å². The van der Waals surface area contributed by atoms with Gasteiger partial charge in [-0.25, -0.2) is 24.0 Å². The average molecular weight is 1520 g/mol. The average Bonchev–Trinajstić information content (AvgIpc) is 0.909. The number of aromatic carboxylic acids is 5.